The fourth-order valence-electron chi connectivity index (χ4n) is 9.04. The van der Waals surface area contributed by atoms with Gasteiger partial charge in [0, 0.05) is 29.1 Å². The monoisotopic (exact) mass is 778 g/mol. The van der Waals surface area contributed by atoms with E-state index in [0.717, 1.165) is 44.5 Å². The molecule has 2 aromatic heterocycles. The lowest BCUT2D eigenvalue weighted by Crippen LogP contribution is -2.28. The quantitative estimate of drug-likeness (QED) is 0.154. The van der Waals surface area contributed by atoms with Gasteiger partial charge in [0.15, 0.2) is 17.5 Å². The molecule has 0 atom stereocenters. The molecule has 8 aromatic carbocycles. The van der Waals surface area contributed by atoms with Gasteiger partial charge in [0.25, 0.3) is 0 Å². The zero-order valence-corrected chi connectivity index (χ0v) is 33.2. The third-order valence-electron chi connectivity index (χ3n) is 11.9. The first-order valence-electron chi connectivity index (χ1n) is 20.6. The number of hydrogen-bond acceptors (Lipinski definition) is 4. The summed E-state index contributed by atoms with van der Waals surface area (Å²) in [4.78, 5) is 19.4. The van der Waals surface area contributed by atoms with Crippen molar-refractivity contribution in [2.75, 3.05) is 0 Å². The number of fused-ring (bicyclic) bond motifs is 3. The van der Waals surface area contributed by atoms with E-state index >= 15 is 0 Å². The fraction of sp³-hybridized carbons (Fsp3) is 0.0175. The Bertz CT molecular complexity index is 3130. The number of aromatic nitrogens is 4. The highest BCUT2D eigenvalue weighted by molar-refractivity contribution is 5.89. The molecule has 1 aliphatic carbocycles. The normalized spacial score (nSPS) is 12.4. The van der Waals surface area contributed by atoms with Crippen molar-refractivity contribution in [1.29, 1.82) is 0 Å². The number of hydrogen-bond donors (Lipinski definition) is 0. The summed E-state index contributed by atoms with van der Waals surface area (Å²) in [6.07, 6.45) is 3.66. The first-order valence-corrected chi connectivity index (χ1v) is 20.6. The Hall–Kier alpha value is -8.08. The van der Waals surface area contributed by atoms with Crippen LogP contribution in [0.3, 0.4) is 0 Å². The summed E-state index contributed by atoms with van der Waals surface area (Å²) in [7, 11) is 0. The molecule has 0 spiro atoms. The van der Waals surface area contributed by atoms with Gasteiger partial charge in [-0.1, -0.05) is 194 Å². The van der Waals surface area contributed by atoms with Gasteiger partial charge in [-0.2, -0.15) is 0 Å². The van der Waals surface area contributed by atoms with Crippen LogP contribution in [0.1, 0.15) is 22.3 Å². The highest BCUT2D eigenvalue weighted by Crippen LogP contribution is 2.56. The van der Waals surface area contributed by atoms with Crippen molar-refractivity contribution in [3.63, 3.8) is 0 Å². The fourth-order valence-corrected chi connectivity index (χ4v) is 9.04. The van der Waals surface area contributed by atoms with Crippen LogP contribution in [0.2, 0.25) is 0 Å². The van der Waals surface area contributed by atoms with E-state index < -0.39 is 5.41 Å². The molecule has 0 saturated carbocycles. The summed E-state index contributed by atoms with van der Waals surface area (Å²) >= 11 is 0. The minimum absolute atomic E-state index is 0.423. The molecule has 0 aliphatic heterocycles. The lowest BCUT2D eigenvalue weighted by Gasteiger charge is -2.33. The summed E-state index contributed by atoms with van der Waals surface area (Å²) in [5, 5.41) is 0. The van der Waals surface area contributed by atoms with E-state index in [1.165, 1.54) is 38.9 Å². The van der Waals surface area contributed by atoms with Crippen LogP contribution in [0.5, 0.6) is 0 Å². The van der Waals surface area contributed by atoms with Gasteiger partial charge in [0.05, 0.1) is 5.41 Å². The molecule has 2 heterocycles. The average Bonchev–Trinajstić information content (AvgIpc) is 3.65. The zero-order chi connectivity index (χ0) is 40.6. The second-order valence-electron chi connectivity index (χ2n) is 15.4. The maximum atomic E-state index is 5.07. The molecule has 4 nitrogen and oxygen atoms in total. The lowest BCUT2D eigenvalue weighted by atomic mass is 9.67. The molecule has 11 rings (SSSR count). The first kappa shape index (κ1) is 36.0. The van der Waals surface area contributed by atoms with Gasteiger partial charge >= 0.3 is 0 Å². The van der Waals surface area contributed by atoms with Crippen LogP contribution < -0.4 is 0 Å². The molecule has 0 radical (unpaired) electrons. The van der Waals surface area contributed by atoms with Crippen molar-refractivity contribution in [2.45, 2.75) is 5.41 Å². The van der Waals surface area contributed by atoms with Gasteiger partial charge in [-0.25, -0.2) is 15.0 Å². The molecule has 286 valence electrons. The molecule has 0 unspecified atom stereocenters. The molecular weight excluding hydrogens is 741 g/mol. The van der Waals surface area contributed by atoms with Crippen molar-refractivity contribution in [2.24, 2.45) is 0 Å². The summed E-state index contributed by atoms with van der Waals surface area (Å²) < 4.78 is 0. The third kappa shape index (κ3) is 6.42. The Balaban J connectivity index is 0.978. The molecule has 1 aliphatic rings. The maximum Gasteiger partial charge on any atom is 0.164 e. The Labute approximate surface area is 355 Å². The zero-order valence-electron chi connectivity index (χ0n) is 33.2. The topological polar surface area (TPSA) is 51.6 Å². The minimum Gasteiger partial charge on any atom is -0.264 e. The van der Waals surface area contributed by atoms with Crippen molar-refractivity contribution in [3.05, 3.63) is 253 Å². The molecule has 4 heteroatoms. The predicted octanol–water partition coefficient (Wildman–Crippen LogP) is 13.6. The lowest BCUT2D eigenvalue weighted by molar-refractivity contribution is 0.768. The third-order valence-corrected chi connectivity index (χ3v) is 11.9. The summed E-state index contributed by atoms with van der Waals surface area (Å²) in [5.74, 6) is 1.87. The van der Waals surface area contributed by atoms with Crippen LogP contribution in [-0.4, -0.2) is 19.9 Å². The Morgan fingerprint density at radius 3 is 1.34 bits per heavy atom. The van der Waals surface area contributed by atoms with Gasteiger partial charge in [0.2, 0.25) is 0 Å². The largest absolute Gasteiger partial charge is 0.264 e. The first-order chi connectivity index (χ1) is 30.2. The molecule has 0 saturated heterocycles. The molecular formula is C57H38N4. The van der Waals surface area contributed by atoms with E-state index in [1.807, 2.05) is 42.6 Å². The van der Waals surface area contributed by atoms with Crippen LogP contribution in [0, 0.1) is 0 Å². The summed E-state index contributed by atoms with van der Waals surface area (Å²) in [5.41, 5.74) is 16.7. The predicted molar refractivity (Wildman–Crippen MR) is 248 cm³/mol. The van der Waals surface area contributed by atoms with Crippen LogP contribution in [0.15, 0.2) is 231 Å². The number of rotatable bonds is 8. The van der Waals surface area contributed by atoms with Gasteiger partial charge in [-0.3, -0.25) is 4.98 Å². The van der Waals surface area contributed by atoms with Crippen LogP contribution in [0.4, 0.5) is 0 Å². The Morgan fingerprint density at radius 2 is 0.721 bits per heavy atom. The Morgan fingerprint density at radius 1 is 0.279 bits per heavy atom. The summed E-state index contributed by atoms with van der Waals surface area (Å²) in [6, 6.07) is 77.6. The van der Waals surface area contributed by atoms with Crippen molar-refractivity contribution < 1.29 is 0 Å². The maximum absolute atomic E-state index is 5.07. The van der Waals surface area contributed by atoms with E-state index in [-0.39, 0.29) is 0 Å². The van der Waals surface area contributed by atoms with E-state index in [9.17, 15) is 0 Å². The van der Waals surface area contributed by atoms with Gasteiger partial charge < -0.3 is 0 Å². The second kappa shape index (κ2) is 15.3. The van der Waals surface area contributed by atoms with Crippen molar-refractivity contribution >= 4 is 0 Å². The Kier molecular flexibility index (Phi) is 9.02. The number of pyridine rings is 1. The molecule has 0 fully saturated rings. The second-order valence-corrected chi connectivity index (χ2v) is 15.4. The highest BCUT2D eigenvalue weighted by atomic mass is 15.0. The number of benzene rings is 8. The highest BCUT2D eigenvalue weighted by Gasteiger charge is 2.45. The summed E-state index contributed by atoms with van der Waals surface area (Å²) in [6.45, 7) is 0. The molecule has 0 bridgehead atoms. The van der Waals surface area contributed by atoms with E-state index in [4.69, 9.17) is 15.0 Å². The molecule has 61 heavy (non-hydrogen) atoms. The minimum atomic E-state index is -0.423. The van der Waals surface area contributed by atoms with Gasteiger partial charge in [0.1, 0.15) is 0 Å². The van der Waals surface area contributed by atoms with Crippen molar-refractivity contribution in [1.82, 2.24) is 19.9 Å². The van der Waals surface area contributed by atoms with Gasteiger partial charge in [-0.15, -0.1) is 0 Å². The molecule has 10 aromatic rings. The van der Waals surface area contributed by atoms with E-state index in [2.05, 4.69) is 187 Å². The van der Waals surface area contributed by atoms with Gasteiger partial charge in [-0.05, 0) is 91.0 Å². The van der Waals surface area contributed by atoms with Crippen LogP contribution >= 0.6 is 0 Å². The molecule has 0 N–H and O–H groups in total. The van der Waals surface area contributed by atoms with Crippen molar-refractivity contribution in [3.8, 4) is 78.7 Å². The number of nitrogens with zero attached hydrogens (tertiary/aromatic N) is 4. The average molecular weight is 779 g/mol. The van der Waals surface area contributed by atoms with Crippen LogP contribution in [0.25, 0.3) is 78.7 Å². The van der Waals surface area contributed by atoms with E-state index in [0.29, 0.717) is 17.5 Å². The SMILES string of the molecule is c1ccc(-c2nc(-c3ccc(-c4cccnc4)cc3)nc(-c3cccc(-c4cccc(-c5ccc6c(c5)-c5ccccc5C6(c5ccccc5)c5ccccc5)c4)c3)n2)cc1. The van der Waals surface area contributed by atoms with E-state index in [1.54, 1.807) is 6.20 Å². The standard InChI is InChI=1S/C57H38N4/c1-4-15-40(16-5-1)54-59-55(41-30-28-39(29-31-41)47-21-14-34-58-38-47)61-56(60-54)46-20-13-19-44(36-46)42-17-12-18-43(35-42)45-32-33-53-51(37-45)50-26-10-11-27-52(50)57(53,48-22-6-2-7-23-48)49-24-8-3-9-25-49/h1-38H. The smallest absolute Gasteiger partial charge is 0.164 e. The molecule has 0 amide bonds. The van der Waals surface area contributed by atoms with Crippen LogP contribution in [-0.2, 0) is 5.41 Å².